The molecular weight excluding hydrogens is 180 g/mol. The highest BCUT2D eigenvalue weighted by molar-refractivity contribution is 5.98. The van der Waals surface area contributed by atoms with Crippen LogP contribution in [0.1, 0.15) is 32.1 Å². The van der Waals surface area contributed by atoms with Crippen LogP contribution in [0.25, 0.3) is 0 Å². The van der Waals surface area contributed by atoms with E-state index in [0.29, 0.717) is 12.6 Å². The molecular formula is C9H14N4O. The van der Waals surface area contributed by atoms with Gasteiger partial charge < -0.3 is 0 Å². The van der Waals surface area contributed by atoms with Crippen molar-refractivity contribution in [2.24, 2.45) is 21.1 Å². The Balaban J connectivity index is 1.84. The fourth-order valence-corrected chi connectivity index (χ4v) is 1.87. The normalized spacial score (nSPS) is 22.1. The van der Waals surface area contributed by atoms with Crippen molar-refractivity contribution in [1.29, 1.82) is 0 Å². The Bertz CT molecular complexity index is 279. The first-order valence-corrected chi connectivity index (χ1v) is 5.09. The molecule has 14 heavy (non-hydrogen) atoms. The van der Waals surface area contributed by atoms with Crippen molar-refractivity contribution >= 4 is 11.9 Å². The Morgan fingerprint density at radius 2 is 2.07 bits per heavy atom. The Morgan fingerprint density at radius 3 is 2.71 bits per heavy atom. The van der Waals surface area contributed by atoms with E-state index in [4.69, 9.17) is 0 Å². The van der Waals surface area contributed by atoms with Crippen molar-refractivity contribution < 1.29 is 4.79 Å². The molecule has 2 rings (SSSR count). The summed E-state index contributed by atoms with van der Waals surface area (Å²) in [5, 5.41) is 10.1. The highest BCUT2D eigenvalue weighted by atomic mass is 16.2. The van der Waals surface area contributed by atoms with Gasteiger partial charge in [0.05, 0.1) is 0 Å². The molecule has 1 amide bonds. The quantitative estimate of drug-likeness (QED) is 0.674. The molecule has 0 aromatic heterocycles. The fraction of sp³-hybridized carbons (Fsp3) is 0.778. The van der Waals surface area contributed by atoms with Crippen LogP contribution in [0.3, 0.4) is 0 Å². The molecule has 76 valence electrons. The zero-order valence-corrected chi connectivity index (χ0v) is 8.07. The van der Waals surface area contributed by atoms with Gasteiger partial charge in [-0.3, -0.25) is 10.1 Å². The average molecular weight is 194 g/mol. The second kappa shape index (κ2) is 4.30. The highest BCUT2D eigenvalue weighted by Crippen LogP contribution is 2.23. The Kier molecular flexibility index (Phi) is 2.86. The van der Waals surface area contributed by atoms with Gasteiger partial charge in [0, 0.05) is 5.92 Å². The predicted molar refractivity (Wildman–Crippen MR) is 51.9 cm³/mol. The van der Waals surface area contributed by atoms with Crippen molar-refractivity contribution in [2.45, 2.75) is 32.1 Å². The monoisotopic (exact) mass is 194 g/mol. The van der Waals surface area contributed by atoms with Gasteiger partial charge in [-0.1, -0.05) is 19.3 Å². The van der Waals surface area contributed by atoms with E-state index in [1.165, 1.54) is 6.42 Å². The standard InChI is InChI=1S/C9H14N4O/c14-8(7-4-2-1-3-5-7)12-9-10-6-11-13-9/h7H,1-6H2,(H,10,12,14). The van der Waals surface area contributed by atoms with Crippen LogP contribution in [0.5, 0.6) is 0 Å². The van der Waals surface area contributed by atoms with Gasteiger partial charge >= 0.3 is 0 Å². The van der Waals surface area contributed by atoms with Gasteiger partial charge in [-0.2, -0.15) is 5.11 Å². The summed E-state index contributed by atoms with van der Waals surface area (Å²) < 4.78 is 0. The van der Waals surface area contributed by atoms with Gasteiger partial charge in [0.25, 0.3) is 0 Å². The van der Waals surface area contributed by atoms with Crippen LogP contribution in [0.15, 0.2) is 15.2 Å². The highest BCUT2D eigenvalue weighted by Gasteiger charge is 2.22. The third-order valence-corrected chi connectivity index (χ3v) is 2.66. The number of aliphatic imine (C=N–C) groups is 1. The number of nitrogens with one attached hydrogen (secondary N) is 1. The number of azo groups is 1. The maximum absolute atomic E-state index is 11.7. The molecule has 1 fully saturated rings. The minimum atomic E-state index is 0.0595. The Labute approximate surface area is 82.7 Å². The van der Waals surface area contributed by atoms with E-state index in [9.17, 15) is 4.79 Å². The molecule has 1 saturated carbocycles. The number of hydrogen-bond donors (Lipinski definition) is 1. The van der Waals surface area contributed by atoms with E-state index in [0.717, 1.165) is 25.7 Å². The van der Waals surface area contributed by atoms with Crippen LogP contribution >= 0.6 is 0 Å². The van der Waals surface area contributed by atoms with Crippen LogP contribution in [0.2, 0.25) is 0 Å². The molecule has 0 aromatic rings. The van der Waals surface area contributed by atoms with Gasteiger partial charge in [0.15, 0.2) is 6.67 Å². The lowest BCUT2D eigenvalue weighted by Crippen LogP contribution is -2.35. The lowest BCUT2D eigenvalue weighted by molar-refractivity contribution is -0.124. The summed E-state index contributed by atoms with van der Waals surface area (Å²) in [6.45, 7) is 0.347. The van der Waals surface area contributed by atoms with E-state index >= 15 is 0 Å². The summed E-state index contributed by atoms with van der Waals surface area (Å²) >= 11 is 0. The van der Waals surface area contributed by atoms with Crippen molar-refractivity contribution in [3.63, 3.8) is 0 Å². The first-order valence-electron chi connectivity index (χ1n) is 5.09. The Hall–Kier alpha value is -1.26. The van der Waals surface area contributed by atoms with Crippen LogP contribution in [0, 0.1) is 5.92 Å². The maximum atomic E-state index is 11.7. The van der Waals surface area contributed by atoms with Gasteiger partial charge in [-0.05, 0) is 12.8 Å². The third-order valence-electron chi connectivity index (χ3n) is 2.66. The summed E-state index contributed by atoms with van der Waals surface area (Å²) in [6, 6.07) is 0. The van der Waals surface area contributed by atoms with Crippen molar-refractivity contribution in [3.05, 3.63) is 0 Å². The SMILES string of the molecule is O=C(NC1=NCN=N1)C1CCCCC1. The molecule has 0 bridgehead atoms. The summed E-state index contributed by atoms with van der Waals surface area (Å²) in [7, 11) is 0. The first kappa shape index (κ1) is 9.30. The summed E-state index contributed by atoms with van der Waals surface area (Å²) in [6.07, 6.45) is 5.56. The lowest BCUT2D eigenvalue weighted by atomic mass is 9.89. The van der Waals surface area contributed by atoms with E-state index in [-0.39, 0.29) is 11.8 Å². The first-order chi connectivity index (χ1) is 6.86. The zero-order valence-electron chi connectivity index (χ0n) is 8.07. The Morgan fingerprint density at radius 1 is 1.29 bits per heavy atom. The second-order valence-electron chi connectivity index (χ2n) is 3.69. The smallest absolute Gasteiger partial charge is 0.246 e. The third kappa shape index (κ3) is 2.16. The van der Waals surface area contributed by atoms with E-state index in [1.54, 1.807) is 0 Å². The van der Waals surface area contributed by atoms with Crippen LogP contribution < -0.4 is 5.32 Å². The molecule has 1 aliphatic heterocycles. The molecule has 1 aliphatic carbocycles. The predicted octanol–water partition coefficient (Wildman–Crippen LogP) is 1.46. The van der Waals surface area contributed by atoms with E-state index in [1.807, 2.05) is 0 Å². The van der Waals surface area contributed by atoms with E-state index in [2.05, 4.69) is 20.5 Å². The number of guanidine groups is 1. The molecule has 1 heterocycles. The van der Waals surface area contributed by atoms with Gasteiger partial charge in [-0.15, -0.1) is 5.11 Å². The molecule has 0 saturated heterocycles. The zero-order chi connectivity index (χ0) is 9.80. The van der Waals surface area contributed by atoms with Gasteiger partial charge in [0.2, 0.25) is 11.9 Å². The second-order valence-corrected chi connectivity index (χ2v) is 3.69. The van der Waals surface area contributed by atoms with Gasteiger partial charge in [-0.25, -0.2) is 4.99 Å². The minimum absolute atomic E-state index is 0.0595. The molecule has 0 unspecified atom stereocenters. The molecule has 0 atom stereocenters. The summed E-state index contributed by atoms with van der Waals surface area (Å²) in [5.41, 5.74) is 0. The molecule has 0 aromatic carbocycles. The molecule has 5 heteroatoms. The van der Waals surface area contributed by atoms with Gasteiger partial charge in [0.1, 0.15) is 0 Å². The molecule has 1 N–H and O–H groups in total. The largest absolute Gasteiger partial charge is 0.293 e. The number of hydrogen-bond acceptors (Lipinski definition) is 4. The van der Waals surface area contributed by atoms with E-state index < -0.39 is 0 Å². The molecule has 0 spiro atoms. The maximum Gasteiger partial charge on any atom is 0.246 e. The number of amides is 1. The van der Waals surface area contributed by atoms with Crippen LogP contribution in [-0.4, -0.2) is 18.5 Å². The summed E-state index contributed by atoms with van der Waals surface area (Å²) in [5.74, 6) is 0.590. The number of carbonyl (C=O) groups excluding carboxylic acids is 1. The summed E-state index contributed by atoms with van der Waals surface area (Å²) in [4.78, 5) is 15.6. The number of rotatable bonds is 1. The average Bonchev–Trinajstić information content (AvgIpc) is 2.72. The van der Waals surface area contributed by atoms with Crippen LogP contribution in [0.4, 0.5) is 0 Å². The molecule has 5 nitrogen and oxygen atoms in total. The van der Waals surface area contributed by atoms with Crippen LogP contribution in [-0.2, 0) is 4.79 Å². The van der Waals surface area contributed by atoms with Crippen molar-refractivity contribution in [3.8, 4) is 0 Å². The lowest BCUT2D eigenvalue weighted by Gasteiger charge is -2.19. The number of nitrogens with zero attached hydrogens (tertiary/aromatic N) is 3. The van der Waals surface area contributed by atoms with Crippen molar-refractivity contribution in [2.75, 3.05) is 6.67 Å². The topological polar surface area (TPSA) is 66.2 Å². The minimum Gasteiger partial charge on any atom is -0.293 e. The fourth-order valence-electron chi connectivity index (χ4n) is 1.87. The van der Waals surface area contributed by atoms with Crippen molar-refractivity contribution in [1.82, 2.24) is 5.32 Å². The molecule has 2 aliphatic rings. The number of carbonyl (C=O) groups is 1. The molecule has 0 radical (unpaired) electrons.